The molecule has 0 radical (unpaired) electrons. The summed E-state index contributed by atoms with van der Waals surface area (Å²) < 4.78 is 5.34. The monoisotopic (exact) mass is 292 g/mol. The van der Waals surface area contributed by atoms with Crippen LogP contribution in [0.4, 0.5) is 0 Å². The molecule has 0 aromatic rings. The van der Waals surface area contributed by atoms with Gasteiger partial charge in [-0.2, -0.15) is 0 Å². The Labute approximate surface area is 126 Å². The number of hydrogen-bond donors (Lipinski definition) is 1. The molecule has 1 N–H and O–H groups in total. The molecule has 0 aromatic heterocycles. The molecule has 4 heteroatoms. The number of carboxylic acids is 1. The van der Waals surface area contributed by atoms with Crippen LogP contribution in [0.5, 0.6) is 0 Å². The van der Waals surface area contributed by atoms with Gasteiger partial charge in [0.2, 0.25) is 0 Å². The van der Waals surface area contributed by atoms with Gasteiger partial charge in [-0.05, 0) is 44.6 Å². The molecule has 2 atom stereocenters. The highest BCUT2D eigenvalue weighted by Gasteiger charge is 2.20. The zero-order chi connectivity index (χ0) is 16.0. The van der Waals surface area contributed by atoms with Crippen molar-refractivity contribution < 1.29 is 19.4 Å². The van der Waals surface area contributed by atoms with Crippen molar-refractivity contribution >= 4 is 11.9 Å². The second-order valence-corrected chi connectivity index (χ2v) is 5.63. The predicted octanol–water partition coefficient (Wildman–Crippen LogP) is 3.64. The molecule has 21 heavy (non-hydrogen) atoms. The molecular weight excluding hydrogens is 268 g/mol. The Morgan fingerprint density at radius 1 is 1.29 bits per heavy atom. The molecule has 116 valence electrons. The Bertz CT molecular complexity index is 485. The van der Waals surface area contributed by atoms with Crippen LogP contribution in [0.1, 0.15) is 46.5 Å². The summed E-state index contributed by atoms with van der Waals surface area (Å²) >= 11 is 0. The van der Waals surface area contributed by atoms with Crippen LogP contribution in [-0.2, 0) is 14.3 Å². The predicted molar refractivity (Wildman–Crippen MR) is 81.8 cm³/mol. The lowest BCUT2D eigenvalue weighted by atomic mass is 9.87. The van der Waals surface area contributed by atoms with Gasteiger partial charge in [0.1, 0.15) is 6.10 Å². The van der Waals surface area contributed by atoms with E-state index in [0.29, 0.717) is 12.8 Å². The number of rotatable bonds is 3. The minimum absolute atomic E-state index is 0.0862. The van der Waals surface area contributed by atoms with Crippen LogP contribution in [0.15, 0.2) is 35.5 Å². The number of carbonyl (C=O) groups is 2. The Balaban J connectivity index is 2.96. The van der Waals surface area contributed by atoms with E-state index in [9.17, 15) is 9.59 Å². The van der Waals surface area contributed by atoms with Crippen molar-refractivity contribution in [1.82, 2.24) is 0 Å². The van der Waals surface area contributed by atoms with Crippen LogP contribution < -0.4 is 0 Å². The van der Waals surface area contributed by atoms with E-state index >= 15 is 0 Å². The highest BCUT2D eigenvalue weighted by Crippen LogP contribution is 2.26. The molecule has 0 amide bonds. The Kier molecular flexibility index (Phi) is 6.40. The van der Waals surface area contributed by atoms with E-state index in [4.69, 9.17) is 9.84 Å². The van der Waals surface area contributed by atoms with E-state index < -0.39 is 5.97 Å². The van der Waals surface area contributed by atoms with E-state index in [2.05, 4.69) is 12.7 Å². The number of carbonyl (C=O) groups excluding carboxylic acids is 1. The number of aliphatic carboxylic acids is 1. The topological polar surface area (TPSA) is 63.6 Å². The molecule has 4 nitrogen and oxygen atoms in total. The van der Waals surface area contributed by atoms with Crippen LogP contribution in [0.25, 0.3) is 0 Å². The maximum atomic E-state index is 11.2. The second kappa shape index (κ2) is 7.81. The quantitative estimate of drug-likeness (QED) is 0.490. The first-order valence-electron chi connectivity index (χ1n) is 7.22. The maximum Gasteiger partial charge on any atom is 0.331 e. The lowest BCUT2D eigenvalue weighted by Crippen LogP contribution is -2.18. The van der Waals surface area contributed by atoms with Gasteiger partial charge in [-0.25, -0.2) is 4.79 Å². The highest BCUT2D eigenvalue weighted by atomic mass is 16.5. The zero-order valence-electron chi connectivity index (χ0n) is 13.0. The average molecular weight is 292 g/mol. The van der Waals surface area contributed by atoms with Gasteiger partial charge in [-0.1, -0.05) is 24.3 Å². The summed E-state index contributed by atoms with van der Waals surface area (Å²) in [5.74, 6) is -1.33. The first kappa shape index (κ1) is 17.2. The molecule has 0 spiro atoms. The maximum absolute atomic E-state index is 11.2. The largest absolute Gasteiger partial charge is 0.478 e. The third-order valence-electron chi connectivity index (χ3n) is 3.88. The fraction of sp³-hybridized carbons (Fsp3) is 0.529. The lowest BCUT2D eigenvalue weighted by Gasteiger charge is -2.21. The summed E-state index contributed by atoms with van der Waals surface area (Å²) in [4.78, 5) is 22.3. The van der Waals surface area contributed by atoms with Crippen molar-refractivity contribution in [2.75, 3.05) is 0 Å². The molecule has 1 aliphatic carbocycles. The van der Waals surface area contributed by atoms with Crippen molar-refractivity contribution in [3.63, 3.8) is 0 Å². The first-order valence-corrected chi connectivity index (χ1v) is 7.22. The van der Waals surface area contributed by atoms with Gasteiger partial charge in [0.05, 0.1) is 0 Å². The zero-order valence-corrected chi connectivity index (χ0v) is 13.0. The van der Waals surface area contributed by atoms with Gasteiger partial charge < -0.3 is 9.84 Å². The van der Waals surface area contributed by atoms with Gasteiger partial charge in [0.15, 0.2) is 0 Å². The minimum Gasteiger partial charge on any atom is -0.478 e. The molecule has 2 unspecified atom stereocenters. The van der Waals surface area contributed by atoms with Crippen LogP contribution >= 0.6 is 0 Å². The highest BCUT2D eigenvalue weighted by molar-refractivity contribution is 5.86. The van der Waals surface area contributed by atoms with Gasteiger partial charge in [-0.3, -0.25) is 4.79 Å². The van der Waals surface area contributed by atoms with Crippen molar-refractivity contribution in [2.24, 2.45) is 5.92 Å². The summed E-state index contributed by atoms with van der Waals surface area (Å²) in [5.41, 5.74) is 2.39. The van der Waals surface area contributed by atoms with Gasteiger partial charge in [-0.15, -0.1) is 0 Å². The molecule has 0 saturated carbocycles. The molecule has 0 fully saturated rings. The van der Waals surface area contributed by atoms with Gasteiger partial charge >= 0.3 is 11.9 Å². The normalized spacial score (nSPS) is 23.6. The number of ether oxygens (including phenoxy) is 1. The van der Waals surface area contributed by atoms with Crippen LogP contribution in [-0.4, -0.2) is 23.1 Å². The smallest absolute Gasteiger partial charge is 0.331 e. The second-order valence-electron chi connectivity index (χ2n) is 5.63. The molecule has 0 saturated heterocycles. The summed E-state index contributed by atoms with van der Waals surface area (Å²) in [6.07, 6.45) is 6.65. The SMILES string of the molecule is C=C(C(=O)O)C1CC=C(C)C(OC(C)=O)CC=C(C)CC1. The van der Waals surface area contributed by atoms with Crippen molar-refractivity contribution in [3.05, 3.63) is 35.5 Å². The van der Waals surface area contributed by atoms with E-state index in [1.165, 1.54) is 12.5 Å². The van der Waals surface area contributed by atoms with Gasteiger partial charge in [0.25, 0.3) is 0 Å². The molecule has 0 heterocycles. The molecular formula is C17H24O4. The fourth-order valence-electron chi connectivity index (χ4n) is 2.41. The Morgan fingerprint density at radius 3 is 2.52 bits per heavy atom. The molecule has 1 aliphatic rings. The van der Waals surface area contributed by atoms with Gasteiger partial charge in [0, 0.05) is 18.9 Å². The molecule has 0 aromatic carbocycles. The summed E-state index contributed by atoms with van der Waals surface area (Å²) in [6, 6.07) is 0. The average Bonchev–Trinajstić information content (AvgIpc) is 2.41. The third kappa shape index (κ3) is 5.58. The van der Waals surface area contributed by atoms with Crippen LogP contribution in [0, 0.1) is 5.92 Å². The van der Waals surface area contributed by atoms with Crippen molar-refractivity contribution in [1.29, 1.82) is 0 Å². The van der Waals surface area contributed by atoms with Crippen molar-refractivity contribution in [2.45, 2.75) is 52.6 Å². The number of esters is 1. The Morgan fingerprint density at radius 2 is 1.95 bits per heavy atom. The summed E-state index contributed by atoms with van der Waals surface area (Å²) in [6.45, 7) is 9.02. The molecule has 0 bridgehead atoms. The van der Waals surface area contributed by atoms with E-state index in [1.807, 2.05) is 19.9 Å². The van der Waals surface area contributed by atoms with Crippen molar-refractivity contribution in [3.8, 4) is 0 Å². The minimum atomic E-state index is -0.943. The molecule has 0 aliphatic heterocycles. The number of carboxylic acid groups (broad SMARTS) is 1. The lowest BCUT2D eigenvalue weighted by molar-refractivity contribution is -0.144. The van der Waals surface area contributed by atoms with Crippen LogP contribution in [0.2, 0.25) is 0 Å². The summed E-state index contributed by atoms with van der Waals surface area (Å²) in [5, 5.41) is 9.12. The van der Waals surface area contributed by atoms with E-state index in [1.54, 1.807) is 0 Å². The molecule has 1 rings (SSSR count). The first-order chi connectivity index (χ1) is 9.81. The standard InChI is InChI=1S/C17H24O4/c1-11-5-8-15(13(3)17(19)20)9-7-12(2)16(10-6-11)21-14(4)18/h6-7,15-16H,3,5,8-10H2,1-2,4H3,(H,19,20). The van der Waals surface area contributed by atoms with E-state index in [0.717, 1.165) is 18.4 Å². The fourth-order valence-corrected chi connectivity index (χ4v) is 2.41. The van der Waals surface area contributed by atoms with E-state index in [-0.39, 0.29) is 23.6 Å². The summed E-state index contributed by atoms with van der Waals surface area (Å²) in [7, 11) is 0. The number of allylic oxidation sites excluding steroid dienone is 2. The Hall–Kier alpha value is -1.84. The van der Waals surface area contributed by atoms with Crippen LogP contribution in [0.3, 0.4) is 0 Å². The third-order valence-corrected chi connectivity index (χ3v) is 3.88. The number of hydrogen-bond acceptors (Lipinski definition) is 3.